The molecule has 27 heavy (non-hydrogen) atoms. The Kier molecular flexibility index (Phi) is 5.48. The first kappa shape index (κ1) is 18.1. The Hall–Kier alpha value is -2.28. The number of nitrogens with one attached hydrogen (secondary N) is 3. The van der Waals surface area contributed by atoms with Gasteiger partial charge >= 0.3 is 0 Å². The van der Waals surface area contributed by atoms with Crippen molar-refractivity contribution in [2.24, 2.45) is 0 Å². The predicted octanol–water partition coefficient (Wildman–Crippen LogP) is 0.0427. The number of H-pyrrole nitrogens is 1. The average molecular weight is 383 g/mol. The van der Waals surface area contributed by atoms with E-state index in [4.69, 9.17) is 12.2 Å². The monoisotopic (exact) mass is 382 g/mol. The Labute approximate surface area is 163 Å². The summed E-state index contributed by atoms with van der Waals surface area (Å²) in [6, 6.07) is 18.3. The summed E-state index contributed by atoms with van der Waals surface area (Å²) in [5.74, 6) is 0. The van der Waals surface area contributed by atoms with Crippen LogP contribution in [-0.4, -0.2) is 42.3 Å². The molecule has 2 heterocycles. The minimum absolute atomic E-state index is 0.0158. The van der Waals surface area contributed by atoms with Crippen LogP contribution in [0.5, 0.6) is 0 Å². The number of fused-ring (bicyclic) bond motifs is 1. The van der Waals surface area contributed by atoms with Gasteiger partial charge in [0.15, 0.2) is 4.77 Å². The van der Waals surface area contributed by atoms with Crippen molar-refractivity contribution in [3.8, 4) is 0 Å². The van der Waals surface area contributed by atoms with Crippen molar-refractivity contribution in [1.29, 1.82) is 0 Å². The highest BCUT2D eigenvalue weighted by Gasteiger charge is 2.23. The maximum absolute atomic E-state index is 12.7. The quantitative estimate of drug-likeness (QED) is 0.546. The molecule has 0 saturated carbocycles. The number of benzene rings is 2. The zero-order valence-electron chi connectivity index (χ0n) is 15.4. The standard InChI is InChI=1S/C21H24N4OS/c26-20-18-8-4-5-9-19(18)22-21(27)25(20)15-14-23-10-12-24(13-11-23)16-17-6-2-1-3-7-17/h1-9H,10-16H2,(H,22,27)/p+2. The molecule has 0 amide bonds. The predicted molar refractivity (Wildman–Crippen MR) is 110 cm³/mol. The summed E-state index contributed by atoms with van der Waals surface area (Å²) in [6.07, 6.45) is 0. The number of para-hydroxylation sites is 1. The van der Waals surface area contributed by atoms with Crippen LogP contribution in [0.1, 0.15) is 5.56 Å². The molecule has 0 spiro atoms. The van der Waals surface area contributed by atoms with E-state index in [2.05, 4.69) is 35.3 Å². The number of rotatable bonds is 5. The van der Waals surface area contributed by atoms with Gasteiger partial charge in [-0.15, -0.1) is 0 Å². The van der Waals surface area contributed by atoms with Gasteiger partial charge in [-0.3, -0.25) is 9.36 Å². The van der Waals surface area contributed by atoms with Crippen molar-refractivity contribution in [1.82, 2.24) is 9.55 Å². The third-order valence-electron chi connectivity index (χ3n) is 5.54. The summed E-state index contributed by atoms with van der Waals surface area (Å²) < 4.78 is 2.24. The van der Waals surface area contributed by atoms with Gasteiger partial charge in [0.05, 0.1) is 24.0 Å². The van der Waals surface area contributed by atoms with Crippen LogP contribution in [0.2, 0.25) is 0 Å². The van der Waals surface area contributed by atoms with E-state index in [0.717, 1.165) is 31.7 Å². The molecule has 0 unspecified atom stereocenters. The molecule has 1 aliphatic heterocycles. The lowest BCUT2D eigenvalue weighted by Gasteiger charge is -2.29. The van der Waals surface area contributed by atoms with E-state index >= 15 is 0 Å². The van der Waals surface area contributed by atoms with E-state index in [9.17, 15) is 4.79 Å². The van der Waals surface area contributed by atoms with E-state index in [1.54, 1.807) is 14.4 Å². The number of aromatic amines is 1. The third-order valence-corrected chi connectivity index (χ3v) is 5.86. The first-order valence-corrected chi connectivity index (χ1v) is 10.0. The summed E-state index contributed by atoms with van der Waals surface area (Å²) in [5, 5.41) is 0.707. The van der Waals surface area contributed by atoms with E-state index in [0.29, 0.717) is 16.7 Å². The van der Waals surface area contributed by atoms with Crippen LogP contribution in [-0.2, 0) is 13.1 Å². The van der Waals surface area contributed by atoms with Gasteiger partial charge in [0, 0.05) is 5.56 Å². The van der Waals surface area contributed by atoms with Gasteiger partial charge < -0.3 is 14.8 Å². The van der Waals surface area contributed by atoms with Crippen molar-refractivity contribution in [3.05, 3.63) is 75.3 Å². The molecule has 3 aromatic rings. The van der Waals surface area contributed by atoms with Crippen LogP contribution >= 0.6 is 12.2 Å². The van der Waals surface area contributed by atoms with Gasteiger partial charge in [0.25, 0.3) is 5.56 Å². The summed E-state index contributed by atoms with van der Waals surface area (Å²) in [6.45, 7) is 7.33. The Bertz CT molecular complexity index is 1020. The number of hydrogen-bond donors (Lipinski definition) is 3. The molecule has 5 nitrogen and oxygen atoms in total. The zero-order chi connectivity index (χ0) is 18.6. The molecule has 140 valence electrons. The zero-order valence-corrected chi connectivity index (χ0v) is 16.2. The highest BCUT2D eigenvalue weighted by atomic mass is 32.1. The lowest BCUT2D eigenvalue weighted by Crippen LogP contribution is -3.27. The minimum Gasteiger partial charge on any atom is -0.332 e. The Morgan fingerprint density at radius 1 is 0.926 bits per heavy atom. The molecule has 6 heteroatoms. The summed E-state index contributed by atoms with van der Waals surface area (Å²) in [5.41, 5.74) is 2.24. The fraction of sp³-hybridized carbons (Fsp3) is 0.333. The van der Waals surface area contributed by atoms with Crippen molar-refractivity contribution in [2.45, 2.75) is 13.1 Å². The maximum Gasteiger partial charge on any atom is 0.262 e. The molecule has 3 N–H and O–H groups in total. The van der Waals surface area contributed by atoms with E-state index in [-0.39, 0.29) is 5.56 Å². The van der Waals surface area contributed by atoms with Crippen LogP contribution in [0.4, 0.5) is 0 Å². The minimum atomic E-state index is 0.0158. The smallest absolute Gasteiger partial charge is 0.262 e. The highest BCUT2D eigenvalue weighted by molar-refractivity contribution is 7.71. The number of aromatic nitrogens is 2. The fourth-order valence-electron chi connectivity index (χ4n) is 3.94. The molecule has 0 atom stereocenters. The van der Waals surface area contributed by atoms with Gasteiger partial charge in [-0.2, -0.15) is 0 Å². The second-order valence-electron chi connectivity index (χ2n) is 7.34. The Morgan fingerprint density at radius 2 is 1.59 bits per heavy atom. The van der Waals surface area contributed by atoms with Crippen LogP contribution in [0.3, 0.4) is 0 Å². The van der Waals surface area contributed by atoms with Gasteiger partial charge in [-0.05, 0) is 24.4 Å². The van der Waals surface area contributed by atoms with Gasteiger partial charge in [-0.25, -0.2) is 0 Å². The highest BCUT2D eigenvalue weighted by Crippen LogP contribution is 2.05. The van der Waals surface area contributed by atoms with Crippen molar-refractivity contribution >= 4 is 23.1 Å². The largest absolute Gasteiger partial charge is 0.332 e. The van der Waals surface area contributed by atoms with Crippen LogP contribution in [0, 0.1) is 4.77 Å². The SMILES string of the molecule is O=c1c2ccccc2[nH]c(=S)n1CC[NH+]1CC[NH+](Cc2ccccc2)CC1. The van der Waals surface area contributed by atoms with E-state index in [1.165, 1.54) is 18.7 Å². The topological polar surface area (TPSA) is 46.7 Å². The van der Waals surface area contributed by atoms with Gasteiger partial charge in [0.1, 0.15) is 32.7 Å². The third kappa shape index (κ3) is 4.18. The molecule has 2 aromatic carbocycles. The number of piperazine rings is 1. The Morgan fingerprint density at radius 3 is 2.37 bits per heavy atom. The van der Waals surface area contributed by atoms with E-state index in [1.807, 2.05) is 24.3 Å². The molecule has 0 bridgehead atoms. The lowest BCUT2D eigenvalue weighted by atomic mass is 10.2. The second-order valence-corrected chi connectivity index (χ2v) is 7.73. The summed E-state index contributed by atoms with van der Waals surface area (Å²) >= 11 is 5.42. The number of nitrogens with zero attached hydrogens (tertiary/aromatic N) is 1. The molecular weight excluding hydrogens is 356 g/mol. The van der Waals surface area contributed by atoms with E-state index < -0.39 is 0 Å². The summed E-state index contributed by atoms with van der Waals surface area (Å²) in [4.78, 5) is 19.1. The van der Waals surface area contributed by atoms with Crippen molar-refractivity contribution in [2.75, 3.05) is 32.7 Å². The van der Waals surface area contributed by atoms with Crippen LogP contribution in [0.15, 0.2) is 59.4 Å². The average Bonchev–Trinajstić information content (AvgIpc) is 2.70. The molecule has 1 saturated heterocycles. The Balaban J connectivity index is 1.36. The van der Waals surface area contributed by atoms with Crippen LogP contribution < -0.4 is 15.4 Å². The molecule has 1 fully saturated rings. The summed E-state index contributed by atoms with van der Waals surface area (Å²) in [7, 11) is 0. The number of quaternary nitrogens is 2. The second kappa shape index (κ2) is 8.17. The number of hydrogen-bond acceptors (Lipinski definition) is 2. The first-order valence-electron chi connectivity index (χ1n) is 9.63. The first-order chi connectivity index (χ1) is 13.2. The molecular formula is C21H26N4OS+2. The maximum atomic E-state index is 12.7. The molecule has 0 aliphatic carbocycles. The fourth-order valence-corrected chi connectivity index (χ4v) is 4.22. The van der Waals surface area contributed by atoms with Crippen molar-refractivity contribution in [3.63, 3.8) is 0 Å². The lowest BCUT2D eigenvalue weighted by molar-refractivity contribution is -1.02. The molecule has 0 radical (unpaired) electrons. The molecule has 1 aliphatic rings. The van der Waals surface area contributed by atoms with Crippen molar-refractivity contribution < 1.29 is 9.80 Å². The molecule has 4 rings (SSSR count). The van der Waals surface area contributed by atoms with Gasteiger partial charge in [0.2, 0.25) is 0 Å². The normalized spacial score (nSPS) is 20.0. The molecule has 1 aromatic heterocycles. The van der Waals surface area contributed by atoms with Gasteiger partial charge in [-0.1, -0.05) is 42.5 Å². The van der Waals surface area contributed by atoms with Crippen LogP contribution in [0.25, 0.3) is 10.9 Å².